The SMILES string of the molecule is N=C(CC(NC(=O)c1ccc(-c2ccc(N3CCOCC3)nc2)s1)c1ccccc1O)c1cccnc1. The van der Waals surface area contributed by atoms with Crippen molar-refractivity contribution in [3.05, 3.63) is 95.3 Å². The third-order valence-corrected chi connectivity index (χ3v) is 7.37. The minimum Gasteiger partial charge on any atom is -0.508 e. The molecule has 4 aromatic rings. The molecule has 0 bridgehead atoms. The minimum absolute atomic E-state index is 0.0742. The Morgan fingerprint density at radius 3 is 2.65 bits per heavy atom. The van der Waals surface area contributed by atoms with Crippen LogP contribution in [0.5, 0.6) is 5.75 Å². The largest absolute Gasteiger partial charge is 0.508 e. The number of thiophene rings is 1. The zero-order chi connectivity index (χ0) is 25.6. The molecule has 0 radical (unpaired) electrons. The molecule has 1 aliphatic rings. The van der Waals surface area contributed by atoms with Gasteiger partial charge in [0.05, 0.1) is 24.1 Å². The van der Waals surface area contributed by atoms with Crippen LogP contribution in [-0.4, -0.2) is 53.0 Å². The number of morpholine rings is 1. The van der Waals surface area contributed by atoms with Crippen LogP contribution in [0.4, 0.5) is 5.82 Å². The molecular formula is C28H27N5O3S. The number of aromatic nitrogens is 2. The van der Waals surface area contributed by atoms with Crippen LogP contribution in [0.25, 0.3) is 10.4 Å². The van der Waals surface area contributed by atoms with Gasteiger partial charge in [-0.15, -0.1) is 11.3 Å². The van der Waals surface area contributed by atoms with Crippen molar-refractivity contribution in [1.29, 1.82) is 5.41 Å². The van der Waals surface area contributed by atoms with E-state index in [9.17, 15) is 9.90 Å². The molecule has 0 saturated carbocycles. The number of carbonyl (C=O) groups is 1. The Balaban J connectivity index is 1.32. The van der Waals surface area contributed by atoms with E-state index in [0.29, 0.717) is 34.9 Å². The number of amides is 1. The van der Waals surface area contributed by atoms with E-state index in [4.69, 9.17) is 10.1 Å². The fraction of sp³-hybridized carbons (Fsp3) is 0.214. The van der Waals surface area contributed by atoms with Crippen LogP contribution in [0, 0.1) is 5.41 Å². The van der Waals surface area contributed by atoms with E-state index in [1.165, 1.54) is 11.3 Å². The van der Waals surface area contributed by atoms with Gasteiger partial charge in [-0.1, -0.05) is 24.3 Å². The fourth-order valence-electron chi connectivity index (χ4n) is 4.24. The van der Waals surface area contributed by atoms with Gasteiger partial charge in [-0.3, -0.25) is 9.78 Å². The first-order valence-corrected chi connectivity index (χ1v) is 12.9. The first kappa shape index (κ1) is 24.6. The Bertz CT molecular complexity index is 1370. The molecule has 188 valence electrons. The first-order valence-electron chi connectivity index (χ1n) is 12.0. The molecule has 9 heteroatoms. The summed E-state index contributed by atoms with van der Waals surface area (Å²) in [6.45, 7) is 3.06. The second-order valence-electron chi connectivity index (χ2n) is 8.68. The molecule has 3 N–H and O–H groups in total. The number of ether oxygens (including phenoxy) is 1. The number of benzene rings is 1. The summed E-state index contributed by atoms with van der Waals surface area (Å²) < 4.78 is 5.41. The number of nitrogens with zero attached hydrogens (tertiary/aromatic N) is 3. The minimum atomic E-state index is -0.582. The van der Waals surface area contributed by atoms with E-state index < -0.39 is 6.04 Å². The van der Waals surface area contributed by atoms with Crippen molar-refractivity contribution in [2.75, 3.05) is 31.2 Å². The van der Waals surface area contributed by atoms with Crippen LogP contribution in [0.1, 0.15) is 33.3 Å². The van der Waals surface area contributed by atoms with Crippen LogP contribution in [-0.2, 0) is 4.74 Å². The van der Waals surface area contributed by atoms with Gasteiger partial charge in [0.2, 0.25) is 0 Å². The van der Waals surface area contributed by atoms with E-state index in [1.807, 2.05) is 30.5 Å². The molecule has 1 aliphatic heterocycles. The summed E-state index contributed by atoms with van der Waals surface area (Å²) in [6, 6.07) is 17.6. The second kappa shape index (κ2) is 11.3. The highest BCUT2D eigenvalue weighted by atomic mass is 32.1. The third-order valence-electron chi connectivity index (χ3n) is 6.23. The van der Waals surface area contributed by atoms with Gasteiger partial charge < -0.3 is 25.5 Å². The van der Waals surface area contributed by atoms with Gasteiger partial charge in [0.1, 0.15) is 11.6 Å². The number of aromatic hydroxyl groups is 1. The average molecular weight is 514 g/mol. The van der Waals surface area contributed by atoms with Crippen LogP contribution in [0.2, 0.25) is 0 Å². The Labute approximate surface area is 219 Å². The summed E-state index contributed by atoms with van der Waals surface area (Å²) >= 11 is 1.38. The number of rotatable bonds is 8. The van der Waals surface area contributed by atoms with Crippen LogP contribution < -0.4 is 10.2 Å². The predicted molar refractivity (Wildman–Crippen MR) is 145 cm³/mol. The number of phenols is 1. The number of carbonyl (C=O) groups excluding carboxylic acids is 1. The predicted octanol–water partition coefficient (Wildman–Crippen LogP) is 4.68. The quantitative estimate of drug-likeness (QED) is 0.295. The van der Waals surface area contributed by atoms with Crippen LogP contribution in [0.15, 0.2) is 79.3 Å². The summed E-state index contributed by atoms with van der Waals surface area (Å²) in [5, 5.41) is 22.0. The number of phenolic OH excluding ortho intramolecular Hbond substituents is 1. The highest BCUT2D eigenvalue weighted by Crippen LogP contribution is 2.31. The van der Waals surface area contributed by atoms with E-state index >= 15 is 0 Å². The second-order valence-corrected chi connectivity index (χ2v) is 9.76. The Morgan fingerprint density at radius 1 is 1.08 bits per heavy atom. The molecular weight excluding hydrogens is 486 g/mol. The van der Waals surface area contributed by atoms with Gasteiger partial charge in [0.25, 0.3) is 5.91 Å². The summed E-state index contributed by atoms with van der Waals surface area (Å²) in [5.74, 6) is 0.731. The Hall–Kier alpha value is -4.08. The fourth-order valence-corrected chi connectivity index (χ4v) is 5.14. The highest BCUT2D eigenvalue weighted by Gasteiger charge is 2.22. The van der Waals surface area contributed by atoms with Gasteiger partial charge in [-0.2, -0.15) is 0 Å². The summed E-state index contributed by atoms with van der Waals surface area (Å²) in [5.41, 5.74) is 2.49. The summed E-state index contributed by atoms with van der Waals surface area (Å²) in [4.78, 5) is 25.6. The number of nitrogens with one attached hydrogen (secondary N) is 2. The molecule has 4 heterocycles. The molecule has 1 atom stereocenters. The number of anilines is 1. The molecule has 5 rings (SSSR count). The molecule has 8 nitrogen and oxygen atoms in total. The molecule has 1 unspecified atom stereocenters. The van der Waals surface area contributed by atoms with Gasteiger partial charge in [-0.25, -0.2) is 4.98 Å². The normalized spacial score (nSPS) is 14.2. The molecule has 1 fully saturated rings. The molecule has 3 aromatic heterocycles. The van der Waals surface area contributed by atoms with Crippen LogP contribution >= 0.6 is 11.3 Å². The van der Waals surface area contributed by atoms with Crippen molar-refractivity contribution in [1.82, 2.24) is 15.3 Å². The zero-order valence-corrected chi connectivity index (χ0v) is 20.9. The van der Waals surface area contributed by atoms with E-state index in [-0.39, 0.29) is 18.1 Å². The van der Waals surface area contributed by atoms with Gasteiger partial charge in [-0.05, 0) is 36.4 Å². The van der Waals surface area contributed by atoms with Gasteiger partial charge >= 0.3 is 0 Å². The number of pyridine rings is 2. The Kier molecular flexibility index (Phi) is 7.53. The molecule has 0 aliphatic carbocycles. The van der Waals surface area contributed by atoms with Crippen molar-refractivity contribution < 1.29 is 14.6 Å². The zero-order valence-electron chi connectivity index (χ0n) is 20.1. The number of para-hydroxylation sites is 1. The van der Waals surface area contributed by atoms with Crippen molar-refractivity contribution in [2.45, 2.75) is 12.5 Å². The molecule has 0 spiro atoms. The maximum atomic E-state index is 13.3. The number of hydrogen-bond acceptors (Lipinski definition) is 8. The summed E-state index contributed by atoms with van der Waals surface area (Å²) in [6.07, 6.45) is 5.31. The lowest BCUT2D eigenvalue weighted by atomic mass is 9.97. The Morgan fingerprint density at radius 2 is 1.92 bits per heavy atom. The van der Waals surface area contributed by atoms with Crippen molar-refractivity contribution in [3.63, 3.8) is 0 Å². The number of hydrogen-bond donors (Lipinski definition) is 3. The highest BCUT2D eigenvalue weighted by molar-refractivity contribution is 7.17. The lowest BCUT2D eigenvalue weighted by Gasteiger charge is -2.27. The monoisotopic (exact) mass is 513 g/mol. The maximum absolute atomic E-state index is 13.3. The molecule has 37 heavy (non-hydrogen) atoms. The smallest absolute Gasteiger partial charge is 0.261 e. The molecule has 1 saturated heterocycles. The first-order chi connectivity index (χ1) is 18.1. The van der Waals surface area contributed by atoms with E-state index in [0.717, 1.165) is 29.3 Å². The summed E-state index contributed by atoms with van der Waals surface area (Å²) in [7, 11) is 0. The molecule has 1 amide bonds. The maximum Gasteiger partial charge on any atom is 0.261 e. The third kappa shape index (κ3) is 5.84. The van der Waals surface area contributed by atoms with Gasteiger partial charge in [0.15, 0.2) is 0 Å². The van der Waals surface area contributed by atoms with E-state index in [2.05, 4.69) is 20.2 Å². The van der Waals surface area contributed by atoms with Crippen molar-refractivity contribution >= 4 is 28.8 Å². The molecule has 1 aromatic carbocycles. The van der Waals surface area contributed by atoms with Crippen LogP contribution in [0.3, 0.4) is 0 Å². The van der Waals surface area contributed by atoms with E-state index in [1.54, 1.807) is 48.8 Å². The standard InChI is InChI=1S/C28H27N5O3S/c29-22(19-4-3-11-30-17-19)16-23(21-5-1-2-6-24(21)34)32-28(35)26-9-8-25(37-26)20-7-10-27(31-18-20)33-12-14-36-15-13-33/h1-11,17-18,23,29,34H,12-16H2,(H,32,35). The average Bonchev–Trinajstić information content (AvgIpc) is 3.45. The van der Waals surface area contributed by atoms with Crippen molar-refractivity contribution in [2.24, 2.45) is 0 Å². The lowest BCUT2D eigenvalue weighted by Crippen LogP contribution is -2.36. The van der Waals surface area contributed by atoms with Crippen molar-refractivity contribution in [3.8, 4) is 16.2 Å². The lowest BCUT2D eigenvalue weighted by molar-refractivity contribution is 0.0941. The topological polar surface area (TPSA) is 111 Å². The van der Waals surface area contributed by atoms with Gasteiger partial charge in [0, 0.05) is 65.4 Å².